The largest absolute Gasteiger partial charge is 0.507 e. The molecular formula is C23H18BrN3O4S. The van der Waals surface area contributed by atoms with Crippen LogP contribution in [0.4, 0.5) is 5.13 Å². The number of Topliss-reactive ketones (excluding diaryl/α,β-unsaturated/α-hetero) is 1. The van der Waals surface area contributed by atoms with Gasteiger partial charge in [0.1, 0.15) is 22.6 Å². The van der Waals surface area contributed by atoms with Crippen molar-refractivity contribution < 1.29 is 19.4 Å². The lowest BCUT2D eigenvalue weighted by Crippen LogP contribution is -2.29. The molecule has 5 rings (SSSR count). The molecule has 0 radical (unpaired) electrons. The number of halogens is 1. The number of carbonyl (C=O) groups is 2. The Hall–Kier alpha value is -3.04. The summed E-state index contributed by atoms with van der Waals surface area (Å²) >= 11 is 4.63. The van der Waals surface area contributed by atoms with E-state index < -0.39 is 17.7 Å². The maximum atomic E-state index is 13.2. The van der Waals surface area contributed by atoms with E-state index in [4.69, 9.17) is 4.74 Å². The van der Waals surface area contributed by atoms with Crippen LogP contribution in [0.3, 0.4) is 0 Å². The van der Waals surface area contributed by atoms with E-state index in [1.54, 1.807) is 19.1 Å². The third kappa shape index (κ3) is 3.41. The van der Waals surface area contributed by atoms with Gasteiger partial charge in [0.2, 0.25) is 5.13 Å². The minimum Gasteiger partial charge on any atom is -0.507 e. The van der Waals surface area contributed by atoms with E-state index in [0.717, 1.165) is 15.8 Å². The van der Waals surface area contributed by atoms with Crippen molar-refractivity contribution in [3.05, 3.63) is 74.2 Å². The fraction of sp³-hybridized carbons (Fsp3) is 0.217. The molecule has 1 amide bonds. The summed E-state index contributed by atoms with van der Waals surface area (Å²) in [6, 6.07) is 11.8. The molecule has 2 aliphatic rings. The van der Waals surface area contributed by atoms with Crippen LogP contribution in [0.1, 0.15) is 34.7 Å². The molecule has 3 heterocycles. The Labute approximate surface area is 196 Å². The average Bonchev–Trinajstić information content (AvgIpc) is 3.43. The highest BCUT2D eigenvalue weighted by atomic mass is 79.9. The highest BCUT2D eigenvalue weighted by molar-refractivity contribution is 9.10. The lowest BCUT2D eigenvalue weighted by molar-refractivity contribution is -0.132. The molecule has 1 N–H and O–H groups in total. The predicted molar refractivity (Wildman–Crippen MR) is 124 cm³/mol. The molecule has 1 fully saturated rings. The Morgan fingerprint density at radius 2 is 1.94 bits per heavy atom. The highest BCUT2D eigenvalue weighted by Gasteiger charge is 2.48. The van der Waals surface area contributed by atoms with E-state index in [1.807, 2.05) is 37.3 Å². The lowest BCUT2D eigenvalue weighted by Gasteiger charge is -2.22. The molecule has 7 nitrogen and oxygen atoms in total. The standard InChI is InChI=1S/C23H18BrN3O4S/c1-11-9-15-10-14(5-8-17(15)31-11)20(28)18-19(13-3-6-16(24)7-4-13)27(22(30)21(18)29)23-26-25-12(2)32-23/h3-8,10-11,19,28H,9H2,1-2H3/b20-18+/t11-,19+/m1/s1. The van der Waals surface area contributed by atoms with E-state index >= 15 is 0 Å². The lowest BCUT2D eigenvalue weighted by atomic mass is 9.94. The van der Waals surface area contributed by atoms with Gasteiger partial charge in [-0.1, -0.05) is 39.4 Å². The second kappa shape index (κ2) is 7.83. The molecule has 0 bridgehead atoms. The summed E-state index contributed by atoms with van der Waals surface area (Å²) in [5, 5.41) is 20.3. The second-order valence-electron chi connectivity index (χ2n) is 7.78. The third-order valence-corrected chi connectivity index (χ3v) is 6.89. The molecule has 0 spiro atoms. The van der Waals surface area contributed by atoms with Crippen molar-refractivity contribution in [1.82, 2.24) is 10.2 Å². The molecule has 2 aromatic carbocycles. The van der Waals surface area contributed by atoms with Gasteiger partial charge in [-0.3, -0.25) is 14.5 Å². The minimum absolute atomic E-state index is 0.0251. The van der Waals surface area contributed by atoms with Gasteiger partial charge in [-0.25, -0.2) is 0 Å². The first-order valence-electron chi connectivity index (χ1n) is 10.00. The number of hydrogen-bond acceptors (Lipinski definition) is 7. The fourth-order valence-electron chi connectivity index (χ4n) is 4.10. The number of fused-ring (bicyclic) bond motifs is 1. The number of aliphatic hydroxyl groups is 1. The third-order valence-electron chi connectivity index (χ3n) is 5.52. The van der Waals surface area contributed by atoms with Gasteiger partial charge in [0.25, 0.3) is 5.78 Å². The van der Waals surface area contributed by atoms with Crippen LogP contribution >= 0.6 is 27.3 Å². The van der Waals surface area contributed by atoms with Gasteiger partial charge in [-0.15, -0.1) is 10.2 Å². The fourth-order valence-corrected chi connectivity index (χ4v) is 5.08. The van der Waals surface area contributed by atoms with Crippen LogP contribution in [0.25, 0.3) is 5.76 Å². The zero-order valence-electron chi connectivity index (χ0n) is 17.2. The van der Waals surface area contributed by atoms with E-state index in [1.165, 1.54) is 16.2 Å². The van der Waals surface area contributed by atoms with Crippen LogP contribution in [0.5, 0.6) is 5.75 Å². The molecule has 3 aromatic rings. The quantitative estimate of drug-likeness (QED) is 0.314. The number of carbonyl (C=O) groups excluding carboxylic acids is 2. The van der Waals surface area contributed by atoms with Crippen molar-refractivity contribution in [1.29, 1.82) is 0 Å². The van der Waals surface area contributed by atoms with E-state index in [9.17, 15) is 14.7 Å². The predicted octanol–water partition coefficient (Wildman–Crippen LogP) is 4.56. The van der Waals surface area contributed by atoms with E-state index in [2.05, 4.69) is 26.1 Å². The molecule has 162 valence electrons. The Kier molecular flexibility index (Phi) is 5.10. The molecule has 32 heavy (non-hydrogen) atoms. The van der Waals surface area contributed by atoms with Gasteiger partial charge in [0.15, 0.2) is 0 Å². The zero-order valence-corrected chi connectivity index (χ0v) is 19.6. The van der Waals surface area contributed by atoms with Crippen molar-refractivity contribution in [3.8, 4) is 5.75 Å². The second-order valence-corrected chi connectivity index (χ2v) is 9.86. The Morgan fingerprint density at radius 1 is 1.19 bits per heavy atom. The summed E-state index contributed by atoms with van der Waals surface area (Å²) in [7, 11) is 0. The number of aliphatic hydroxyl groups excluding tert-OH is 1. The Bertz CT molecular complexity index is 1280. The molecule has 2 aliphatic heterocycles. The molecule has 9 heteroatoms. The van der Waals surface area contributed by atoms with Crippen LogP contribution < -0.4 is 9.64 Å². The summed E-state index contributed by atoms with van der Waals surface area (Å²) in [4.78, 5) is 27.6. The first-order valence-corrected chi connectivity index (χ1v) is 11.6. The van der Waals surface area contributed by atoms with Gasteiger partial charge < -0.3 is 9.84 Å². The van der Waals surface area contributed by atoms with Crippen LogP contribution in [-0.2, 0) is 16.0 Å². The van der Waals surface area contributed by atoms with Crippen molar-refractivity contribution in [2.24, 2.45) is 0 Å². The molecule has 0 aliphatic carbocycles. The van der Waals surface area contributed by atoms with Gasteiger partial charge in [-0.05, 0) is 55.3 Å². The number of benzene rings is 2. The maximum absolute atomic E-state index is 13.2. The molecule has 1 saturated heterocycles. The maximum Gasteiger partial charge on any atom is 0.301 e. The van der Waals surface area contributed by atoms with E-state index in [-0.39, 0.29) is 17.4 Å². The van der Waals surface area contributed by atoms with Gasteiger partial charge in [-0.2, -0.15) is 0 Å². The number of hydrogen-bond donors (Lipinski definition) is 1. The smallest absolute Gasteiger partial charge is 0.301 e. The monoisotopic (exact) mass is 511 g/mol. The van der Waals surface area contributed by atoms with Gasteiger partial charge in [0, 0.05) is 16.5 Å². The van der Waals surface area contributed by atoms with Crippen LogP contribution in [0.15, 0.2) is 52.5 Å². The first kappa shape index (κ1) is 20.8. The number of ether oxygens (including phenoxy) is 1. The summed E-state index contributed by atoms with van der Waals surface area (Å²) in [5.41, 5.74) is 2.13. The van der Waals surface area contributed by atoms with Crippen LogP contribution in [-0.4, -0.2) is 33.1 Å². The van der Waals surface area contributed by atoms with Crippen LogP contribution in [0, 0.1) is 6.92 Å². The molecular weight excluding hydrogens is 494 g/mol. The Balaban J connectivity index is 1.68. The van der Waals surface area contributed by atoms with Crippen molar-refractivity contribution >= 4 is 49.8 Å². The topological polar surface area (TPSA) is 92.6 Å². The zero-order chi connectivity index (χ0) is 22.6. The summed E-state index contributed by atoms with van der Waals surface area (Å²) in [6.45, 7) is 3.75. The van der Waals surface area contributed by atoms with Crippen molar-refractivity contribution in [2.75, 3.05) is 4.90 Å². The minimum atomic E-state index is -0.820. The van der Waals surface area contributed by atoms with Crippen LogP contribution in [0.2, 0.25) is 0 Å². The summed E-state index contributed by atoms with van der Waals surface area (Å²) in [6.07, 6.45) is 0.765. The number of aryl methyl sites for hydroxylation is 1. The molecule has 0 saturated carbocycles. The normalized spacial score (nSPS) is 21.7. The van der Waals surface area contributed by atoms with Gasteiger partial charge >= 0.3 is 5.91 Å². The molecule has 1 aromatic heterocycles. The average molecular weight is 512 g/mol. The number of nitrogens with zero attached hydrogens (tertiary/aromatic N) is 3. The molecule has 0 unspecified atom stereocenters. The first-order chi connectivity index (χ1) is 15.3. The van der Waals surface area contributed by atoms with Crippen molar-refractivity contribution in [2.45, 2.75) is 32.4 Å². The Morgan fingerprint density at radius 3 is 2.62 bits per heavy atom. The summed E-state index contributed by atoms with van der Waals surface area (Å²) in [5.74, 6) is -0.951. The molecule has 2 atom stereocenters. The van der Waals surface area contributed by atoms with Gasteiger partial charge in [0.05, 0.1) is 11.6 Å². The number of aromatic nitrogens is 2. The SMILES string of the molecule is Cc1nnc(N2C(=O)C(=O)/C(=C(/O)c3ccc4c(c3)C[C@@H](C)O4)[C@@H]2c2ccc(Br)cc2)s1. The van der Waals surface area contributed by atoms with Crippen molar-refractivity contribution in [3.63, 3.8) is 0 Å². The van der Waals surface area contributed by atoms with E-state index in [0.29, 0.717) is 27.7 Å². The number of amides is 1. The number of rotatable bonds is 3. The summed E-state index contributed by atoms with van der Waals surface area (Å²) < 4.78 is 6.60. The highest BCUT2D eigenvalue weighted by Crippen LogP contribution is 2.43. The number of ketones is 1. The number of anilines is 1.